The molecular formula is C16H24N4O3. The average molecular weight is 320 g/mol. The van der Waals surface area contributed by atoms with Gasteiger partial charge in [-0.3, -0.25) is 14.3 Å². The SMILES string of the molecule is CC(=O)N1CCCn2nc(C(=O)N(C)C[C@@H]3CCCO3)cc2C1. The normalized spacial score (nSPS) is 21.0. The van der Waals surface area contributed by atoms with Gasteiger partial charge in [-0.25, -0.2) is 0 Å². The molecule has 3 rings (SSSR count). The molecule has 2 amide bonds. The summed E-state index contributed by atoms with van der Waals surface area (Å²) in [7, 11) is 1.79. The van der Waals surface area contributed by atoms with E-state index in [1.807, 2.05) is 10.7 Å². The summed E-state index contributed by atoms with van der Waals surface area (Å²) in [5, 5.41) is 4.45. The van der Waals surface area contributed by atoms with E-state index in [0.29, 0.717) is 18.8 Å². The Morgan fingerprint density at radius 3 is 2.91 bits per heavy atom. The Balaban J connectivity index is 1.70. The second-order valence-corrected chi connectivity index (χ2v) is 6.36. The topological polar surface area (TPSA) is 67.7 Å². The largest absolute Gasteiger partial charge is 0.376 e. The number of aromatic nitrogens is 2. The summed E-state index contributed by atoms with van der Waals surface area (Å²) in [5.41, 5.74) is 1.37. The number of likely N-dealkylation sites (N-methyl/N-ethyl adjacent to an activating group) is 1. The standard InChI is InChI=1S/C16H24N4O3/c1-12(21)19-6-4-7-20-13(10-19)9-15(17-20)16(22)18(2)11-14-5-3-8-23-14/h9,14H,3-8,10-11H2,1-2H3/t14-/m0/s1. The highest BCUT2D eigenvalue weighted by Crippen LogP contribution is 2.17. The van der Waals surface area contributed by atoms with Crippen LogP contribution in [0.2, 0.25) is 0 Å². The van der Waals surface area contributed by atoms with Gasteiger partial charge in [0.2, 0.25) is 5.91 Å². The molecule has 1 aromatic heterocycles. The van der Waals surface area contributed by atoms with E-state index in [4.69, 9.17) is 4.74 Å². The van der Waals surface area contributed by atoms with Gasteiger partial charge in [0.25, 0.3) is 5.91 Å². The Morgan fingerprint density at radius 1 is 1.39 bits per heavy atom. The Hall–Kier alpha value is -1.89. The van der Waals surface area contributed by atoms with Crippen molar-refractivity contribution in [3.63, 3.8) is 0 Å². The van der Waals surface area contributed by atoms with Gasteiger partial charge in [0.1, 0.15) is 0 Å². The van der Waals surface area contributed by atoms with Gasteiger partial charge < -0.3 is 14.5 Å². The molecule has 0 bridgehead atoms. The van der Waals surface area contributed by atoms with Gasteiger partial charge in [-0.1, -0.05) is 0 Å². The molecule has 7 nitrogen and oxygen atoms in total. The monoisotopic (exact) mass is 320 g/mol. The highest BCUT2D eigenvalue weighted by atomic mass is 16.5. The second-order valence-electron chi connectivity index (χ2n) is 6.36. The number of carbonyl (C=O) groups excluding carboxylic acids is 2. The second kappa shape index (κ2) is 6.70. The number of hydrogen-bond acceptors (Lipinski definition) is 4. The fourth-order valence-electron chi connectivity index (χ4n) is 3.21. The third kappa shape index (κ3) is 3.55. The maximum absolute atomic E-state index is 12.6. The first-order valence-electron chi connectivity index (χ1n) is 8.24. The fourth-order valence-corrected chi connectivity index (χ4v) is 3.21. The third-order valence-corrected chi connectivity index (χ3v) is 4.53. The summed E-state index contributed by atoms with van der Waals surface area (Å²) in [6.45, 7) is 4.95. The molecule has 0 unspecified atom stereocenters. The van der Waals surface area contributed by atoms with Crippen molar-refractivity contribution in [1.29, 1.82) is 0 Å². The van der Waals surface area contributed by atoms with E-state index in [1.54, 1.807) is 23.8 Å². The van der Waals surface area contributed by atoms with Crippen molar-refractivity contribution >= 4 is 11.8 Å². The fraction of sp³-hybridized carbons (Fsp3) is 0.688. The van der Waals surface area contributed by atoms with Gasteiger partial charge in [0.15, 0.2) is 5.69 Å². The molecule has 23 heavy (non-hydrogen) atoms. The maximum atomic E-state index is 12.6. The summed E-state index contributed by atoms with van der Waals surface area (Å²) in [5.74, 6) is -0.0292. The molecule has 1 atom stereocenters. The zero-order chi connectivity index (χ0) is 16.4. The van der Waals surface area contributed by atoms with E-state index in [1.165, 1.54) is 0 Å². The first-order chi connectivity index (χ1) is 11.0. The minimum atomic E-state index is -0.0875. The van der Waals surface area contributed by atoms with Gasteiger partial charge in [-0.15, -0.1) is 0 Å². The highest BCUT2D eigenvalue weighted by molar-refractivity contribution is 5.92. The number of aryl methyl sites for hydroxylation is 1. The molecule has 1 saturated heterocycles. The number of fused-ring (bicyclic) bond motifs is 1. The maximum Gasteiger partial charge on any atom is 0.274 e. The van der Waals surface area contributed by atoms with Crippen LogP contribution in [0.4, 0.5) is 0 Å². The zero-order valence-corrected chi connectivity index (χ0v) is 13.8. The summed E-state index contributed by atoms with van der Waals surface area (Å²) < 4.78 is 7.44. The number of nitrogens with zero attached hydrogens (tertiary/aromatic N) is 4. The van der Waals surface area contributed by atoms with Gasteiger partial charge in [-0.2, -0.15) is 5.10 Å². The van der Waals surface area contributed by atoms with Crippen LogP contribution < -0.4 is 0 Å². The van der Waals surface area contributed by atoms with Crippen LogP contribution in [0.5, 0.6) is 0 Å². The van der Waals surface area contributed by atoms with Gasteiger partial charge in [-0.05, 0) is 25.3 Å². The van der Waals surface area contributed by atoms with Crippen LogP contribution in [0.3, 0.4) is 0 Å². The van der Waals surface area contributed by atoms with E-state index in [-0.39, 0.29) is 17.9 Å². The summed E-state index contributed by atoms with van der Waals surface area (Å²) in [6, 6.07) is 1.82. The zero-order valence-electron chi connectivity index (χ0n) is 13.8. The summed E-state index contributed by atoms with van der Waals surface area (Å²) in [6.07, 6.45) is 3.06. The van der Waals surface area contributed by atoms with Crippen LogP contribution in [0.25, 0.3) is 0 Å². The molecule has 0 spiro atoms. The molecule has 0 radical (unpaired) electrons. The number of amides is 2. The Kier molecular flexibility index (Phi) is 4.66. The summed E-state index contributed by atoms with van der Waals surface area (Å²) >= 11 is 0. The molecule has 0 aliphatic carbocycles. The Labute approximate surface area is 136 Å². The van der Waals surface area contributed by atoms with E-state index in [9.17, 15) is 9.59 Å². The molecule has 0 N–H and O–H groups in total. The molecule has 2 aliphatic rings. The van der Waals surface area contributed by atoms with Crippen molar-refractivity contribution < 1.29 is 14.3 Å². The van der Waals surface area contributed by atoms with Crippen molar-refractivity contribution in [2.24, 2.45) is 0 Å². The van der Waals surface area contributed by atoms with Crippen LogP contribution in [0, 0.1) is 0 Å². The third-order valence-electron chi connectivity index (χ3n) is 4.53. The minimum absolute atomic E-state index is 0.0584. The first kappa shape index (κ1) is 16.0. The van der Waals surface area contributed by atoms with Crippen LogP contribution >= 0.6 is 0 Å². The Bertz CT molecular complexity index is 592. The smallest absolute Gasteiger partial charge is 0.274 e. The van der Waals surface area contributed by atoms with Gasteiger partial charge >= 0.3 is 0 Å². The number of ether oxygens (including phenoxy) is 1. The number of rotatable bonds is 3. The molecule has 126 valence electrons. The number of hydrogen-bond donors (Lipinski definition) is 0. The lowest BCUT2D eigenvalue weighted by molar-refractivity contribution is -0.129. The predicted octanol–water partition coefficient (Wildman–Crippen LogP) is 0.886. The van der Waals surface area contributed by atoms with Gasteiger partial charge in [0.05, 0.1) is 18.3 Å². The van der Waals surface area contributed by atoms with Crippen molar-refractivity contribution in [3.05, 3.63) is 17.5 Å². The van der Waals surface area contributed by atoms with Crippen LogP contribution in [-0.4, -0.2) is 64.2 Å². The first-order valence-corrected chi connectivity index (χ1v) is 8.24. The summed E-state index contributed by atoms with van der Waals surface area (Å²) in [4.78, 5) is 27.7. The lowest BCUT2D eigenvalue weighted by atomic mass is 10.2. The lowest BCUT2D eigenvalue weighted by Gasteiger charge is -2.19. The van der Waals surface area contributed by atoms with Crippen LogP contribution in [0.1, 0.15) is 42.4 Å². The van der Waals surface area contributed by atoms with E-state index >= 15 is 0 Å². The van der Waals surface area contributed by atoms with Crippen molar-refractivity contribution in [2.45, 2.75) is 45.4 Å². The molecule has 0 aromatic carbocycles. The molecule has 1 aromatic rings. The molecule has 7 heteroatoms. The molecular weight excluding hydrogens is 296 g/mol. The molecule has 3 heterocycles. The van der Waals surface area contributed by atoms with Crippen LogP contribution in [-0.2, 0) is 22.6 Å². The Morgan fingerprint density at radius 2 is 2.22 bits per heavy atom. The molecule has 2 aliphatic heterocycles. The average Bonchev–Trinajstić information content (AvgIpc) is 3.12. The quantitative estimate of drug-likeness (QED) is 0.829. The lowest BCUT2D eigenvalue weighted by Crippen LogP contribution is -2.34. The van der Waals surface area contributed by atoms with Crippen LogP contribution in [0.15, 0.2) is 6.07 Å². The minimum Gasteiger partial charge on any atom is -0.376 e. The van der Waals surface area contributed by atoms with Crippen molar-refractivity contribution in [1.82, 2.24) is 19.6 Å². The van der Waals surface area contributed by atoms with Crippen molar-refractivity contribution in [2.75, 3.05) is 26.7 Å². The van der Waals surface area contributed by atoms with E-state index < -0.39 is 0 Å². The molecule has 0 saturated carbocycles. The number of carbonyl (C=O) groups is 2. The molecule has 1 fully saturated rings. The van der Waals surface area contributed by atoms with Gasteiger partial charge in [0, 0.05) is 40.2 Å². The van der Waals surface area contributed by atoms with Crippen molar-refractivity contribution in [3.8, 4) is 0 Å². The highest BCUT2D eigenvalue weighted by Gasteiger charge is 2.25. The van der Waals surface area contributed by atoms with E-state index in [0.717, 1.165) is 44.7 Å². The van der Waals surface area contributed by atoms with E-state index in [2.05, 4.69) is 5.10 Å². The predicted molar refractivity (Wildman–Crippen MR) is 83.9 cm³/mol.